The predicted octanol–water partition coefficient (Wildman–Crippen LogP) is 2.22. The molecule has 4 rings (SSSR count). The van der Waals surface area contributed by atoms with Gasteiger partial charge in [-0.1, -0.05) is 0 Å². The molecular weight excluding hydrogens is 316 g/mol. The molecule has 1 amide bonds. The van der Waals surface area contributed by atoms with Crippen LogP contribution in [0.3, 0.4) is 0 Å². The highest BCUT2D eigenvalue weighted by molar-refractivity contribution is 5.96. The van der Waals surface area contributed by atoms with E-state index in [2.05, 4.69) is 39.1 Å². The second-order valence-corrected chi connectivity index (χ2v) is 6.61. The Morgan fingerprint density at radius 3 is 2.96 bits per heavy atom. The lowest BCUT2D eigenvalue weighted by Crippen LogP contribution is -2.24. The van der Waals surface area contributed by atoms with E-state index in [4.69, 9.17) is 0 Å². The largest absolute Gasteiger partial charge is 0.345 e. The Morgan fingerprint density at radius 2 is 2.12 bits per heavy atom. The number of hydrogen-bond donors (Lipinski definition) is 1. The topological polar surface area (TPSA) is 85.6 Å². The zero-order valence-electron chi connectivity index (χ0n) is 14.4. The number of fused-ring (bicyclic) bond motifs is 2. The van der Waals surface area contributed by atoms with Crippen molar-refractivity contribution < 1.29 is 4.79 Å². The van der Waals surface area contributed by atoms with E-state index in [1.54, 1.807) is 18.6 Å². The van der Waals surface area contributed by atoms with Crippen LogP contribution in [0.2, 0.25) is 0 Å². The molecule has 0 aliphatic heterocycles. The molecular formula is C18H20N6O. The average molecular weight is 336 g/mol. The van der Waals surface area contributed by atoms with Crippen LogP contribution in [0.4, 0.5) is 0 Å². The van der Waals surface area contributed by atoms with Gasteiger partial charge in [-0.2, -0.15) is 0 Å². The molecule has 3 heterocycles. The molecule has 128 valence electrons. The highest BCUT2D eigenvalue weighted by Gasteiger charge is 2.15. The van der Waals surface area contributed by atoms with Crippen LogP contribution >= 0.6 is 0 Å². The van der Waals surface area contributed by atoms with Gasteiger partial charge in [0.1, 0.15) is 11.3 Å². The van der Waals surface area contributed by atoms with Crippen molar-refractivity contribution in [1.29, 1.82) is 0 Å². The molecule has 3 aromatic rings. The van der Waals surface area contributed by atoms with Crippen LogP contribution in [0, 0.1) is 0 Å². The number of nitrogens with zero attached hydrogens (tertiary/aromatic N) is 5. The van der Waals surface area contributed by atoms with Gasteiger partial charge in [-0.15, -0.1) is 0 Å². The van der Waals surface area contributed by atoms with E-state index in [0.29, 0.717) is 17.9 Å². The fraction of sp³-hybridized carbons (Fsp3) is 0.389. The van der Waals surface area contributed by atoms with Gasteiger partial charge in [0.2, 0.25) is 0 Å². The first-order valence-corrected chi connectivity index (χ1v) is 8.56. The summed E-state index contributed by atoms with van der Waals surface area (Å²) >= 11 is 0. The lowest BCUT2D eigenvalue weighted by atomic mass is 10.2. The molecule has 0 unspecified atom stereocenters. The molecule has 1 aliphatic carbocycles. The van der Waals surface area contributed by atoms with Crippen LogP contribution in [0.5, 0.6) is 0 Å². The molecule has 1 aliphatic rings. The third-order valence-corrected chi connectivity index (χ3v) is 4.50. The third kappa shape index (κ3) is 2.97. The lowest BCUT2D eigenvalue weighted by Gasteiger charge is -2.08. The van der Waals surface area contributed by atoms with Crippen molar-refractivity contribution in [3.05, 3.63) is 47.4 Å². The van der Waals surface area contributed by atoms with E-state index in [-0.39, 0.29) is 11.9 Å². The summed E-state index contributed by atoms with van der Waals surface area (Å²) in [7, 11) is 0. The van der Waals surface area contributed by atoms with Crippen LogP contribution in [0.15, 0.2) is 24.8 Å². The molecule has 1 N–H and O–H groups in total. The Morgan fingerprint density at radius 1 is 1.24 bits per heavy atom. The fourth-order valence-electron chi connectivity index (χ4n) is 3.12. The van der Waals surface area contributed by atoms with Gasteiger partial charge >= 0.3 is 0 Å². The van der Waals surface area contributed by atoms with Gasteiger partial charge in [0, 0.05) is 24.1 Å². The molecule has 25 heavy (non-hydrogen) atoms. The smallest absolute Gasteiger partial charge is 0.253 e. The van der Waals surface area contributed by atoms with Crippen LogP contribution in [-0.2, 0) is 19.4 Å². The zero-order chi connectivity index (χ0) is 17.4. The van der Waals surface area contributed by atoms with Gasteiger partial charge in [0.25, 0.3) is 5.91 Å². The number of pyridine rings is 1. The molecule has 0 fully saturated rings. The normalized spacial score (nSPS) is 13.4. The molecule has 0 saturated heterocycles. The summed E-state index contributed by atoms with van der Waals surface area (Å²) in [4.78, 5) is 30.0. The van der Waals surface area contributed by atoms with Crippen LogP contribution < -0.4 is 5.32 Å². The van der Waals surface area contributed by atoms with Crippen molar-refractivity contribution in [2.75, 3.05) is 0 Å². The first-order valence-electron chi connectivity index (χ1n) is 8.56. The van der Waals surface area contributed by atoms with Crippen molar-refractivity contribution >= 4 is 17.1 Å². The molecule has 0 saturated carbocycles. The number of aromatic nitrogens is 5. The molecule has 0 spiro atoms. The molecule has 7 nitrogen and oxygen atoms in total. The summed E-state index contributed by atoms with van der Waals surface area (Å²) in [6.07, 6.45) is 8.40. The maximum atomic E-state index is 12.4. The van der Waals surface area contributed by atoms with Crippen LogP contribution in [0.1, 0.15) is 53.7 Å². The van der Waals surface area contributed by atoms with E-state index < -0.39 is 0 Å². The molecule has 0 radical (unpaired) electrons. The number of rotatable bonds is 4. The van der Waals surface area contributed by atoms with Gasteiger partial charge in [-0.05, 0) is 44.7 Å². The Bertz CT molecular complexity index is 946. The van der Waals surface area contributed by atoms with E-state index in [1.165, 1.54) is 5.56 Å². The SMILES string of the molecule is CC(C)n1cnc2cc(C(=O)NCc3ncc4c(n3)CCC4)cnc21. The van der Waals surface area contributed by atoms with E-state index in [0.717, 1.165) is 36.1 Å². The monoisotopic (exact) mass is 336 g/mol. The Kier molecular flexibility index (Phi) is 3.91. The number of aryl methyl sites for hydroxylation is 2. The maximum absolute atomic E-state index is 12.4. The zero-order valence-corrected chi connectivity index (χ0v) is 14.4. The molecule has 7 heteroatoms. The highest BCUT2D eigenvalue weighted by Crippen LogP contribution is 2.19. The van der Waals surface area contributed by atoms with Crippen LogP contribution in [-0.4, -0.2) is 30.4 Å². The number of nitrogens with one attached hydrogen (secondary N) is 1. The molecule has 3 aromatic heterocycles. The lowest BCUT2D eigenvalue weighted by molar-refractivity contribution is 0.0949. The van der Waals surface area contributed by atoms with Crippen molar-refractivity contribution in [2.24, 2.45) is 0 Å². The van der Waals surface area contributed by atoms with Crippen molar-refractivity contribution in [1.82, 2.24) is 29.8 Å². The predicted molar refractivity (Wildman–Crippen MR) is 93.1 cm³/mol. The fourth-order valence-corrected chi connectivity index (χ4v) is 3.12. The third-order valence-electron chi connectivity index (χ3n) is 4.50. The Balaban J connectivity index is 1.48. The summed E-state index contributed by atoms with van der Waals surface area (Å²) < 4.78 is 1.98. The summed E-state index contributed by atoms with van der Waals surface area (Å²) in [5, 5.41) is 2.86. The highest BCUT2D eigenvalue weighted by atomic mass is 16.1. The van der Waals surface area contributed by atoms with Gasteiger partial charge in [0.15, 0.2) is 5.65 Å². The summed E-state index contributed by atoms with van der Waals surface area (Å²) in [5.74, 6) is 0.449. The van der Waals surface area contributed by atoms with Gasteiger partial charge in [-0.25, -0.2) is 19.9 Å². The standard InChI is InChI=1S/C18H20N6O/c1-11(2)24-10-22-15-6-13(8-20-17(15)24)18(25)21-9-16-19-7-12-4-3-5-14(12)23-16/h6-8,10-11H,3-5,9H2,1-2H3,(H,21,25). The number of hydrogen-bond acceptors (Lipinski definition) is 5. The second kappa shape index (κ2) is 6.23. The summed E-state index contributed by atoms with van der Waals surface area (Å²) in [6.45, 7) is 4.45. The average Bonchev–Trinajstić information content (AvgIpc) is 3.24. The van der Waals surface area contributed by atoms with Gasteiger partial charge in [-0.3, -0.25) is 4.79 Å². The van der Waals surface area contributed by atoms with E-state index in [1.807, 2.05) is 10.8 Å². The Hall–Kier alpha value is -2.83. The van der Waals surface area contributed by atoms with Crippen LogP contribution in [0.25, 0.3) is 11.2 Å². The van der Waals surface area contributed by atoms with Crippen molar-refractivity contribution in [3.8, 4) is 0 Å². The number of carbonyl (C=O) groups excluding carboxylic acids is 1. The van der Waals surface area contributed by atoms with Gasteiger partial charge < -0.3 is 9.88 Å². The summed E-state index contributed by atoms with van der Waals surface area (Å²) in [6, 6.07) is 2.04. The minimum absolute atomic E-state index is 0.197. The molecule has 0 bridgehead atoms. The molecule has 0 aromatic carbocycles. The van der Waals surface area contributed by atoms with Gasteiger partial charge in [0.05, 0.1) is 18.4 Å². The minimum Gasteiger partial charge on any atom is -0.345 e. The van der Waals surface area contributed by atoms with Crippen molar-refractivity contribution in [2.45, 2.75) is 45.7 Å². The first-order chi connectivity index (χ1) is 12.1. The number of carbonyl (C=O) groups is 1. The Labute approximate surface area is 145 Å². The number of imidazole rings is 1. The summed E-state index contributed by atoms with van der Waals surface area (Å²) in [5.41, 5.74) is 4.33. The van der Waals surface area contributed by atoms with E-state index >= 15 is 0 Å². The minimum atomic E-state index is -0.197. The second-order valence-electron chi connectivity index (χ2n) is 6.61. The number of amides is 1. The maximum Gasteiger partial charge on any atom is 0.253 e. The first kappa shape index (κ1) is 15.7. The van der Waals surface area contributed by atoms with E-state index in [9.17, 15) is 4.79 Å². The van der Waals surface area contributed by atoms with Crippen molar-refractivity contribution in [3.63, 3.8) is 0 Å². The molecule has 0 atom stereocenters. The quantitative estimate of drug-likeness (QED) is 0.789.